The molecule has 1 heterocycles. The largest absolute Gasteiger partial charge is 0.274 e. The van der Waals surface area contributed by atoms with Gasteiger partial charge in [0.05, 0.1) is 17.5 Å². The first kappa shape index (κ1) is 14.9. The zero-order valence-corrected chi connectivity index (χ0v) is 15.6. The number of fused-ring (bicyclic) bond motifs is 5. The summed E-state index contributed by atoms with van der Waals surface area (Å²) in [6.45, 7) is 3.93. The van der Waals surface area contributed by atoms with E-state index in [0.717, 1.165) is 23.2 Å². The molecule has 3 aliphatic rings. The molecule has 22 heavy (non-hydrogen) atoms. The molecule has 0 spiro atoms. The predicted octanol–water partition coefficient (Wildman–Crippen LogP) is 3.59. The second kappa shape index (κ2) is 4.91. The maximum atomic E-state index is 13.0. The van der Waals surface area contributed by atoms with Crippen molar-refractivity contribution in [3.8, 4) is 0 Å². The van der Waals surface area contributed by atoms with Gasteiger partial charge in [-0.1, -0.05) is 50.1 Å². The van der Waals surface area contributed by atoms with E-state index in [0.29, 0.717) is 0 Å². The van der Waals surface area contributed by atoms with Gasteiger partial charge in [-0.2, -0.15) is 0 Å². The van der Waals surface area contributed by atoms with Crippen molar-refractivity contribution in [2.24, 2.45) is 23.7 Å². The quantitative estimate of drug-likeness (QED) is 0.508. The molecule has 1 aliphatic heterocycles. The number of nitrogens with zero attached hydrogens (tertiary/aromatic N) is 1. The van der Waals surface area contributed by atoms with E-state index in [4.69, 9.17) is 0 Å². The van der Waals surface area contributed by atoms with Crippen molar-refractivity contribution < 1.29 is 9.59 Å². The number of anilines is 1. The van der Waals surface area contributed by atoms with Crippen LogP contribution < -0.4 is 4.90 Å². The molecule has 2 aliphatic carbocycles. The van der Waals surface area contributed by atoms with Crippen LogP contribution in [-0.2, 0) is 9.59 Å². The second-order valence-corrected chi connectivity index (χ2v) is 8.87. The van der Waals surface area contributed by atoms with Gasteiger partial charge in [0.25, 0.3) is 0 Å². The number of rotatable bonds is 1. The van der Waals surface area contributed by atoms with Gasteiger partial charge in [0.2, 0.25) is 11.8 Å². The van der Waals surface area contributed by atoms with Crippen LogP contribution in [0.3, 0.4) is 0 Å². The molecule has 5 heteroatoms. The van der Waals surface area contributed by atoms with E-state index in [-0.39, 0.29) is 45.1 Å². The van der Waals surface area contributed by atoms with Crippen LogP contribution in [0.15, 0.2) is 18.2 Å². The minimum atomic E-state index is -0.144. The van der Waals surface area contributed by atoms with Crippen molar-refractivity contribution >= 4 is 49.4 Å². The van der Waals surface area contributed by atoms with Crippen LogP contribution in [0.1, 0.15) is 17.5 Å². The number of alkyl halides is 2. The summed E-state index contributed by atoms with van der Waals surface area (Å²) in [4.78, 5) is 28.1. The Morgan fingerprint density at radius 1 is 0.955 bits per heavy atom. The lowest BCUT2D eigenvalue weighted by Gasteiger charge is -2.28. The summed E-state index contributed by atoms with van der Waals surface area (Å²) in [6, 6.07) is 5.89. The van der Waals surface area contributed by atoms with Crippen molar-refractivity contribution in [3.05, 3.63) is 29.3 Å². The van der Waals surface area contributed by atoms with Gasteiger partial charge in [0.1, 0.15) is 0 Å². The Balaban J connectivity index is 1.80. The van der Waals surface area contributed by atoms with Crippen molar-refractivity contribution in [2.45, 2.75) is 29.9 Å². The number of halogens is 2. The number of amides is 2. The van der Waals surface area contributed by atoms with Crippen molar-refractivity contribution in [1.82, 2.24) is 0 Å². The van der Waals surface area contributed by atoms with Crippen molar-refractivity contribution in [3.63, 3.8) is 0 Å². The fraction of sp³-hybridized carbons (Fsp3) is 0.529. The Hall–Kier alpha value is -0.680. The van der Waals surface area contributed by atoms with Crippen molar-refractivity contribution in [1.29, 1.82) is 0 Å². The summed E-state index contributed by atoms with van der Waals surface area (Å²) in [7, 11) is 0. The number of imide groups is 1. The van der Waals surface area contributed by atoms with Crippen LogP contribution in [0, 0.1) is 37.5 Å². The van der Waals surface area contributed by atoms with Crippen LogP contribution in [-0.4, -0.2) is 21.5 Å². The lowest BCUT2D eigenvalue weighted by atomic mass is 9.81. The Morgan fingerprint density at radius 3 is 1.86 bits per heavy atom. The van der Waals surface area contributed by atoms with Crippen LogP contribution in [0.5, 0.6) is 0 Å². The molecule has 3 fully saturated rings. The number of hydrogen-bond donors (Lipinski definition) is 0. The van der Waals surface area contributed by atoms with Crippen LogP contribution in [0.2, 0.25) is 0 Å². The number of carbonyl (C=O) groups is 2. The number of aryl methyl sites for hydroxylation is 2. The smallest absolute Gasteiger partial charge is 0.238 e. The Labute approximate surface area is 146 Å². The first-order chi connectivity index (χ1) is 10.4. The van der Waals surface area contributed by atoms with Crippen molar-refractivity contribution in [2.75, 3.05) is 4.90 Å². The van der Waals surface area contributed by atoms with E-state index < -0.39 is 0 Å². The molecule has 6 atom stereocenters. The van der Waals surface area contributed by atoms with Gasteiger partial charge < -0.3 is 0 Å². The molecule has 0 unspecified atom stereocenters. The van der Waals surface area contributed by atoms with Gasteiger partial charge in [-0.3, -0.25) is 9.59 Å². The van der Waals surface area contributed by atoms with E-state index in [2.05, 4.69) is 31.9 Å². The van der Waals surface area contributed by atoms with Gasteiger partial charge in [-0.05, 0) is 43.2 Å². The maximum absolute atomic E-state index is 13.0. The fourth-order valence-electron chi connectivity index (χ4n) is 4.73. The number of hydrogen-bond acceptors (Lipinski definition) is 2. The molecule has 1 aromatic rings. The third kappa shape index (κ3) is 1.72. The molecule has 0 aromatic heterocycles. The normalized spacial score (nSPS) is 39.7. The molecular weight excluding hydrogens is 410 g/mol. The van der Waals surface area contributed by atoms with E-state index in [1.54, 1.807) is 0 Å². The molecule has 2 saturated carbocycles. The monoisotopic (exact) mass is 425 g/mol. The molecule has 4 rings (SSSR count). The first-order valence-corrected chi connectivity index (χ1v) is 9.48. The summed E-state index contributed by atoms with van der Waals surface area (Å²) >= 11 is 7.44. The lowest BCUT2D eigenvalue weighted by molar-refractivity contribution is -0.123. The third-order valence-electron chi connectivity index (χ3n) is 5.65. The standard InChI is InChI=1S/C17H17Br2NO2/c1-7-4-3-5-8(2)15(7)20-16(21)11-9-6-10(12(11)17(20)22)14(19)13(9)18/h3-5,9-14H,6H2,1-2H3/t9-,10+,11-,12+,13-,14+. The molecule has 0 N–H and O–H groups in total. The summed E-state index contributed by atoms with van der Waals surface area (Å²) < 4.78 is 0. The van der Waals surface area contributed by atoms with Crippen LogP contribution >= 0.6 is 31.9 Å². The van der Waals surface area contributed by atoms with E-state index in [1.807, 2.05) is 32.0 Å². The molecule has 2 bridgehead atoms. The van der Waals surface area contributed by atoms with Gasteiger partial charge in [-0.15, -0.1) is 0 Å². The Morgan fingerprint density at radius 2 is 1.41 bits per heavy atom. The highest BCUT2D eigenvalue weighted by atomic mass is 79.9. The molecule has 2 amide bonds. The minimum Gasteiger partial charge on any atom is -0.274 e. The van der Waals surface area contributed by atoms with Gasteiger partial charge in [0.15, 0.2) is 0 Å². The highest BCUT2D eigenvalue weighted by Crippen LogP contribution is 2.60. The van der Waals surface area contributed by atoms with E-state index >= 15 is 0 Å². The third-order valence-corrected chi connectivity index (χ3v) is 8.86. The molecule has 1 saturated heterocycles. The van der Waals surface area contributed by atoms with Gasteiger partial charge in [0, 0.05) is 9.65 Å². The lowest BCUT2D eigenvalue weighted by Crippen LogP contribution is -2.37. The van der Waals surface area contributed by atoms with Crippen LogP contribution in [0.25, 0.3) is 0 Å². The Bertz CT molecular complexity index is 637. The molecule has 116 valence electrons. The Kier molecular flexibility index (Phi) is 3.32. The second-order valence-electron chi connectivity index (χ2n) is 6.76. The van der Waals surface area contributed by atoms with Crippen LogP contribution in [0.4, 0.5) is 5.69 Å². The first-order valence-electron chi connectivity index (χ1n) is 7.65. The van der Waals surface area contributed by atoms with Gasteiger partial charge >= 0.3 is 0 Å². The van der Waals surface area contributed by atoms with E-state index in [1.165, 1.54) is 4.90 Å². The fourth-order valence-corrected chi connectivity index (χ4v) is 6.60. The highest BCUT2D eigenvalue weighted by Gasteiger charge is 2.66. The average molecular weight is 427 g/mol. The zero-order valence-electron chi connectivity index (χ0n) is 12.4. The molecular formula is C17H17Br2NO2. The predicted molar refractivity (Wildman–Crippen MR) is 92.4 cm³/mol. The number of benzene rings is 1. The minimum absolute atomic E-state index is 0.00347. The molecule has 1 aromatic carbocycles. The summed E-state index contributed by atoms with van der Waals surface area (Å²) in [6.07, 6.45) is 0.971. The average Bonchev–Trinajstić information content (AvgIpc) is 3.06. The summed E-state index contributed by atoms with van der Waals surface area (Å²) in [5.41, 5.74) is 2.77. The topological polar surface area (TPSA) is 37.4 Å². The summed E-state index contributed by atoms with van der Waals surface area (Å²) in [5.74, 6) is 0.257. The zero-order chi connectivity index (χ0) is 15.8. The van der Waals surface area contributed by atoms with Gasteiger partial charge in [-0.25, -0.2) is 4.90 Å². The number of para-hydroxylation sites is 1. The number of carbonyl (C=O) groups excluding carboxylic acids is 2. The maximum Gasteiger partial charge on any atom is 0.238 e. The molecule has 0 radical (unpaired) electrons. The summed E-state index contributed by atoms with van der Waals surface area (Å²) in [5, 5.41) is 0. The van der Waals surface area contributed by atoms with E-state index in [9.17, 15) is 9.59 Å². The SMILES string of the molecule is Cc1cccc(C)c1N1C(=O)[C@@H]2[C@H]3C[C@H]([C@H](Br)[C@@H]3Br)[C@@H]2C1=O. The highest BCUT2D eigenvalue weighted by molar-refractivity contribution is 9.12. The molecule has 3 nitrogen and oxygen atoms in total.